The second kappa shape index (κ2) is 9.57. The maximum atomic E-state index is 13.1. The SMILES string of the molecule is CC(C)c1ccc(OCC(=O)N2CCCN(S(=O)(=O)c3ccc(F)cc3)CC2)cc1. The summed E-state index contributed by atoms with van der Waals surface area (Å²) in [5.41, 5.74) is 1.20. The van der Waals surface area contributed by atoms with Gasteiger partial charge >= 0.3 is 0 Å². The Hall–Kier alpha value is -2.45. The van der Waals surface area contributed by atoms with Gasteiger partial charge in [0.15, 0.2) is 6.61 Å². The second-order valence-electron chi connectivity index (χ2n) is 7.60. The normalized spacial score (nSPS) is 15.8. The van der Waals surface area contributed by atoms with Crippen LogP contribution in [0.4, 0.5) is 4.39 Å². The molecule has 0 atom stereocenters. The number of carbonyl (C=O) groups excluding carboxylic acids is 1. The van der Waals surface area contributed by atoms with Crippen molar-refractivity contribution >= 4 is 15.9 Å². The van der Waals surface area contributed by atoms with E-state index in [1.54, 1.807) is 4.90 Å². The molecule has 1 saturated heterocycles. The van der Waals surface area contributed by atoms with Crippen LogP contribution in [0.25, 0.3) is 0 Å². The van der Waals surface area contributed by atoms with Crippen LogP contribution in [0.3, 0.4) is 0 Å². The first-order valence-electron chi connectivity index (χ1n) is 10.0. The van der Waals surface area contributed by atoms with E-state index in [-0.39, 0.29) is 30.5 Å². The molecule has 0 aromatic heterocycles. The molecule has 6 nitrogen and oxygen atoms in total. The number of rotatable bonds is 6. The number of hydrogen-bond acceptors (Lipinski definition) is 4. The zero-order chi connectivity index (χ0) is 21.7. The van der Waals surface area contributed by atoms with Gasteiger partial charge in [-0.05, 0) is 54.3 Å². The van der Waals surface area contributed by atoms with Crippen molar-refractivity contribution in [3.05, 3.63) is 59.9 Å². The molecule has 0 bridgehead atoms. The molecule has 0 aliphatic carbocycles. The lowest BCUT2D eigenvalue weighted by Crippen LogP contribution is -2.39. The average Bonchev–Trinajstić information content (AvgIpc) is 2.99. The number of carbonyl (C=O) groups is 1. The van der Waals surface area contributed by atoms with Crippen LogP contribution >= 0.6 is 0 Å². The highest BCUT2D eigenvalue weighted by Crippen LogP contribution is 2.20. The Morgan fingerprint density at radius 1 is 1.00 bits per heavy atom. The summed E-state index contributed by atoms with van der Waals surface area (Å²) in [5.74, 6) is 0.388. The fraction of sp³-hybridized carbons (Fsp3) is 0.409. The van der Waals surface area contributed by atoms with Crippen molar-refractivity contribution in [2.24, 2.45) is 0 Å². The number of sulfonamides is 1. The molecular weight excluding hydrogens is 407 g/mol. The van der Waals surface area contributed by atoms with Crippen molar-refractivity contribution in [2.45, 2.75) is 31.1 Å². The van der Waals surface area contributed by atoms with Crippen molar-refractivity contribution in [1.29, 1.82) is 0 Å². The summed E-state index contributed by atoms with van der Waals surface area (Å²) in [6.45, 7) is 5.37. The summed E-state index contributed by atoms with van der Waals surface area (Å²) < 4.78 is 45.6. The molecule has 0 spiro atoms. The smallest absolute Gasteiger partial charge is 0.260 e. The zero-order valence-electron chi connectivity index (χ0n) is 17.3. The third-order valence-corrected chi connectivity index (χ3v) is 7.08. The molecule has 162 valence electrons. The van der Waals surface area contributed by atoms with Crippen LogP contribution in [0.5, 0.6) is 5.75 Å². The third kappa shape index (κ3) is 5.37. The Morgan fingerprint density at radius 3 is 2.30 bits per heavy atom. The Balaban J connectivity index is 1.56. The molecule has 2 aromatic rings. The number of ether oxygens (including phenoxy) is 1. The molecule has 0 radical (unpaired) electrons. The number of nitrogens with zero attached hydrogens (tertiary/aromatic N) is 2. The highest BCUT2D eigenvalue weighted by atomic mass is 32.2. The van der Waals surface area contributed by atoms with Crippen LogP contribution in [0.1, 0.15) is 31.7 Å². The van der Waals surface area contributed by atoms with E-state index < -0.39 is 15.8 Å². The van der Waals surface area contributed by atoms with E-state index in [1.807, 2.05) is 24.3 Å². The fourth-order valence-electron chi connectivity index (χ4n) is 3.32. The van der Waals surface area contributed by atoms with Gasteiger partial charge in [0.05, 0.1) is 4.90 Å². The van der Waals surface area contributed by atoms with Crippen molar-refractivity contribution in [3.63, 3.8) is 0 Å². The van der Waals surface area contributed by atoms with Gasteiger partial charge in [-0.25, -0.2) is 12.8 Å². The molecule has 3 rings (SSSR count). The zero-order valence-corrected chi connectivity index (χ0v) is 18.1. The number of hydrogen-bond donors (Lipinski definition) is 0. The summed E-state index contributed by atoms with van der Waals surface area (Å²) in [6, 6.07) is 12.4. The molecular formula is C22H27FN2O4S. The van der Waals surface area contributed by atoms with E-state index >= 15 is 0 Å². The highest BCUT2D eigenvalue weighted by Gasteiger charge is 2.28. The summed E-state index contributed by atoms with van der Waals surface area (Å²) in [7, 11) is -3.72. The molecule has 2 aromatic carbocycles. The molecule has 1 amide bonds. The van der Waals surface area contributed by atoms with E-state index in [4.69, 9.17) is 4.74 Å². The molecule has 1 aliphatic rings. The summed E-state index contributed by atoms with van der Waals surface area (Å²) >= 11 is 0. The Morgan fingerprint density at radius 2 is 1.67 bits per heavy atom. The maximum absolute atomic E-state index is 13.1. The lowest BCUT2D eigenvalue weighted by Gasteiger charge is -2.22. The number of halogens is 1. The van der Waals surface area contributed by atoms with Crippen molar-refractivity contribution < 1.29 is 22.3 Å². The van der Waals surface area contributed by atoms with Crippen LogP contribution in [-0.4, -0.2) is 56.3 Å². The van der Waals surface area contributed by atoms with Gasteiger partial charge in [-0.1, -0.05) is 26.0 Å². The van der Waals surface area contributed by atoms with Gasteiger partial charge in [0.25, 0.3) is 5.91 Å². The first kappa shape index (κ1) is 22.2. The monoisotopic (exact) mass is 434 g/mol. The predicted molar refractivity (Wildman–Crippen MR) is 112 cm³/mol. The minimum atomic E-state index is -3.72. The Kier molecular flexibility index (Phi) is 7.10. The van der Waals surface area contributed by atoms with Gasteiger partial charge in [-0.2, -0.15) is 4.31 Å². The first-order valence-corrected chi connectivity index (χ1v) is 11.5. The predicted octanol–water partition coefficient (Wildman–Crippen LogP) is 3.25. The lowest BCUT2D eigenvalue weighted by molar-refractivity contribution is -0.133. The van der Waals surface area contributed by atoms with E-state index in [0.29, 0.717) is 31.2 Å². The van der Waals surface area contributed by atoms with Crippen LogP contribution in [0.15, 0.2) is 53.4 Å². The third-order valence-electron chi connectivity index (χ3n) is 5.17. The van der Waals surface area contributed by atoms with Gasteiger partial charge < -0.3 is 9.64 Å². The van der Waals surface area contributed by atoms with Crippen LogP contribution in [0, 0.1) is 5.82 Å². The van der Waals surface area contributed by atoms with E-state index in [9.17, 15) is 17.6 Å². The Labute approximate surface area is 177 Å². The minimum Gasteiger partial charge on any atom is -0.484 e. The van der Waals surface area contributed by atoms with E-state index in [0.717, 1.165) is 12.1 Å². The molecule has 8 heteroatoms. The van der Waals surface area contributed by atoms with Gasteiger partial charge in [0.2, 0.25) is 10.0 Å². The van der Waals surface area contributed by atoms with Gasteiger partial charge in [-0.15, -0.1) is 0 Å². The van der Waals surface area contributed by atoms with Gasteiger partial charge in [-0.3, -0.25) is 4.79 Å². The summed E-state index contributed by atoms with van der Waals surface area (Å²) in [4.78, 5) is 14.2. The summed E-state index contributed by atoms with van der Waals surface area (Å²) in [5, 5.41) is 0. The number of benzene rings is 2. The Bertz CT molecular complexity index is 960. The molecule has 30 heavy (non-hydrogen) atoms. The quantitative estimate of drug-likeness (QED) is 0.700. The van der Waals surface area contributed by atoms with E-state index in [2.05, 4.69) is 13.8 Å². The fourth-order valence-corrected chi connectivity index (χ4v) is 4.79. The summed E-state index contributed by atoms with van der Waals surface area (Å²) in [6.07, 6.45) is 0.523. The van der Waals surface area contributed by atoms with Crippen LogP contribution in [0.2, 0.25) is 0 Å². The van der Waals surface area contributed by atoms with Crippen molar-refractivity contribution in [2.75, 3.05) is 32.8 Å². The van der Waals surface area contributed by atoms with Gasteiger partial charge in [0.1, 0.15) is 11.6 Å². The topological polar surface area (TPSA) is 66.9 Å². The molecule has 1 heterocycles. The lowest BCUT2D eigenvalue weighted by atomic mass is 10.0. The van der Waals surface area contributed by atoms with E-state index in [1.165, 1.54) is 22.0 Å². The molecule has 1 aliphatic heterocycles. The van der Waals surface area contributed by atoms with Crippen LogP contribution in [-0.2, 0) is 14.8 Å². The first-order chi connectivity index (χ1) is 14.3. The van der Waals surface area contributed by atoms with Crippen LogP contribution < -0.4 is 4.74 Å². The minimum absolute atomic E-state index is 0.0526. The largest absolute Gasteiger partial charge is 0.484 e. The van der Waals surface area contributed by atoms with Gasteiger partial charge in [0, 0.05) is 26.2 Å². The maximum Gasteiger partial charge on any atom is 0.260 e. The molecule has 0 saturated carbocycles. The average molecular weight is 435 g/mol. The standard InChI is InChI=1S/C22H27FN2O4S/c1-17(2)18-4-8-20(9-5-18)29-16-22(26)24-12-3-13-25(15-14-24)30(27,28)21-10-6-19(23)7-11-21/h4-11,17H,3,12-16H2,1-2H3. The molecule has 0 N–H and O–H groups in total. The number of amides is 1. The van der Waals surface area contributed by atoms with Crippen molar-refractivity contribution in [3.8, 4) is 5.75 Å². The molecule has 1 fully saturated rings. The van der Waals surface area contributed by atoms with Crippen molar-refractivity contribution in [1.82, 2.24) is 9.21 Å². The molecule has 0 unspecified atom stereocenters. The highest BCUT2D eigenvalue weighted by molar-refractivity contribution is 7.89. The second-order valence-corrected chi connectivity index (χ2v) is 9.54.